The van der Waals surface area contributed by atoms with E-state index in [0.29, 0.717) is 0 Å². The van der Waals surface area contributed by atoms with Gasteiger partial charge in [0.1, 0.15) is 0 Å². The molecule has 0 bridgehead atoms. The van der Waals surface area contributed by atoms with Gasteiger partial charge in [0.15, 0.2) is 0 Å². The topological polar surface area (TPSA) is 0 Å². The second-order valence-electron chi connectivity index (χ2n) is 7.50. The molecule has 5 aromatic carbocycles. The Balaban J connectivity index is 1.95. The normalized spacial score (nSPS) is 10.7. The smallest absolute Gasteiger partial charge is 0.0221 e. The van der Waals surface area contributed by atoms with Crippen LogP contribution < -0.4 is 0 Å². The van der Waals surface area contributed by atoms with Crippen LogP contribution >= 0.6 is 22.6 Å². The molecule has 5 aromatic rings. The third kappa shape index (κ3) is 3.94. The highest BCUT2D eigenvalue weighted by Gasteiger charge is 2.21. The summed E-state index contributed by atoms with van der Waals surface area (Å²) < 4.78 is 1.25. The molecule has 148 valence electrons. The maximum Gasteiger partial charge on any atom is 0.0221 e. The summed E-state index contributed by atoms with van der Waals surface area (Å²) in [5, 5.41) is 0. The summed E-state index contributed by atoms with van der Waals surface area (Å²) in [5.41, 5.74) is 10.0. The van der Waals surface area contributed by atoms with E-state index in [0.717, 1.165) is 0 Å². The van der Waals surface area contributed by atoms with Crippen molar-refractivity contribution in [1.82, 2.24) is 0 Å². The van der Waals surface area contributed by atoms with Crippen molar-refractivity contribution in [3.8, 4) is 44.5 Å². The predicted molar refractivity (Wildman–Crippen MR) is 141 cm³/mol. The molecule has 0 atom stereocenters. The lowest BCUT2D eigenvalue weighted by Gasteiger charge is -2.22. The highest BCUT2D eigenvalue weighted by molar-refractivity contribution is 14.1. The number of hydrogen-bond acceptors (Lipinski definition) is 0. The van der Waals surface area contributed by atoms with E-state index < -0.39 is 0 Å². The molecule has 0 heterocycles. The van der Waals surface area contributed by atoms with Gasteiger partial charge in [0.2, 0.25) is 0 Å². The summed E-state index contributed by atoms with van der Waals surface area (Å²) in [7, 11) is 0. The van der Waals surface area contributed by atoms with Gasteiger partial charge in [-0.3, -0.25) is 0 Å². The summed E-state index contributed by atoms with van der Waals surface area (Å²) in [6.45, 7) is 0. The third-order valence-corrected chi connectivity index (χ3v) is 6.40. The minimum Gasteiger partial charge on any atom is -0.0622 e. The molecule has 0 aliphatic heterocycles. The highest BCUT2D eigenvalue weighted by Crippen LogP contribution is 2.47. The number of rotatable bonds is 4. The van der Waals surface area contributed by atoms with E-state index in [4.69, 9.17) is 0 Å². The van der Waals surface area contributed by atoms with Crippen molar-refractivity contribution in [2.75, 3.05) is 0 Å². The summed E-state index contributed by atoms with van der Waals surface area (Å²) in [6.07, 6.45) is 0. The Morgan fingerprint density at radius 3 is 1.16 bits per heavy atom. The molecule has 0 aromatic heterocycles. The molecule has 0 N–H and O–H groups in total. The van der Waals surface area contributed by atoms with Crippen LogP contribution in [0.2, 0.25) is 0 Å². The maximum absolute atomic E-state index is 2.50. The third-order valence-electron chi connectivity index (χ3n) is 5.55. The van der Waals surface area contributed by atoms with E-state index >= 15 is 0 Å². The van der Waals surface area contributed by atoms with Crippen LogP contribution in [0, 0.1) is 3.57 Å². The first-order chi connectivity index (χ1) is 15.3. The van der Waals surface area contributed by atoms with Crippen LogP contribution in [0.5, 0.6) is 0 Å². The van der Waals surface area contributed by atoms with Crippen LogP contribution in [-0.2, 0) is 0 Å². The minimum absolute atomic E-state index is 1.23. The fraction of sp³-hybridized carbons (Fsp3) is 0. The molecule has 0 saturated carbocycles. The van der Waals surface area contributed by atoms with Crippen molar-refractivity contribution in [3.63, 3.8) is 0 Å². The van der Waals surface area contributed by atoms with E-state index in [9.17, 15) is 0 Å². The Kier molecular flexibility index (Phi) is 5.68. The molecule has 0 spiro atoms. The van der Waals surface area contributed by atoms with Crippen LogP contribution in [0.3, 0.4) is 0 Å². The van der Waals surface area contributed by atoms with Gasteiger partial charge < -0.3 is 0 Å². The molecule has 31 heavy (non-hydrogen) atoms. The van der Waals surface area contributed by atoms with Crippen molar-refractivity contribution in [3.05, 3.63) is 131 Å². The molecule has 5 rings (SSSR count). The minimum atomic E-state index is 1.23. The van der Waals surface area contributed by atoms with Crippen LogP contribution in [0.15, 0.2) is 127 Å². The summed E-state index contributed by atoms with van der Waals surface area (Å²) >= 11 is 2.50. The average molecular weight is 508 g/mol. The summed E-state index contributed by atoms with van der Waals surface area (Å²) in [4.78, 5) is 0. The average Bonchev–Trinajstić information content (AvgIpc) is 2.85. The molecule has 0 aliphatic rings. The fourth-order valence-corrected chi connectivity index (χ4v) is 5.07. The standard InChI is InChI=1S/C30H21I/c31-27-21-26(22-13-5-1-6-14-22)28(23-15-7-2-8-16-23)30(25-19-11-4-12-20-25)29(27)24-17-9-3-10-18-24/h1-21H. The van der Waals surface area contributed by atoms with Gasteiger partial charge >= 0.3 is 0 Å². The molecule has 0 fully saturated rings. The van der Waals surface area contributed by atoms with Crippen LogP contribution in [0.4, 0.5) is 0 Å². The SMILES string of the molecule is Ic1cc(-c2ccccc2)c(-c2ccccc2)c(-c2ccccc2)c1-c1ccccc1. The van der Waals surface area contributed by atoms with E-state index in [1.165, 1.54) is 48.1 Å². The van der Waals surface area contributed by atoms with Gasteiger partial charge in [-0.1, -0.05) is 121 Å². The Morgan fingerprint density at radius 1 is 0.355 bits per heavy atom. The van der Waals surface area contributed by atoms with E-state index in [1.54, 1.807) is 0 Å². The fourth-order valence-electron chi connectivity index (χ4n) is 4.18. The van der Waals surface area contributed by atoms with Crippen molar-refractivity contribution in [2.24, 2.45) is 0 Å². The van der Waals surface area contributed by atoms with Crippen LogP contribution in [0.25, 0.3) is 44.5 Å². The molecular formula is C30H21I. The predicted octanol–water partition coefficient (Wildman–Crippen LogP) is 8.96. The zero-order chi connectivity index (χ0) is 21.0. The first kappa shape index (κ1) is 19.8. The lowest BCUT2D eigenvalue weighted by Crippen LogP contribution is -1.97. The Hall–Kier alpha value is -3.17. The first-order valence-electron chi connectivity index (χ1n) is 10.4. The Morgan fingerprint density at radius 2 is 0.710 bits per heavy atom. The number of halogens is 1. The number of hydrogen-bond donors (Lipinski definition) is 0. The van der Waals surface area contributed by atoms with Crippen molar-refractivity contribution in [2.45, 2.75) is 0 Å². The molecular weight excluding hydrogens is 487 g/mol. The van der Waals surface area contributed by atoms with Gasteiger partial charge in [0.25, 0.3) is 0 Å². The summed E-state index contributed by atoms with van der Waals surface area (Å²) in [6, 6.07) is 45.3. The Labute approximate surface area is 197 Å². The molecule has 0 unspecified atom stereocenters. The van der Waals surface area contributed by atoms with Gasteiger partial charge in [0.05, 0.1) is 0 Å². The molecule has 0 saturated heterocycles. The van der Waals surface area contributed by atoms with E-state index in [2.05, 4.69) is 150 Å². The second-order valence-corrected chi connectivity index (χ2v) is 8.66. The van der Waals surface area contributed by atoms with E-state index in [-0.39, 0.29) is 0 Å². The zero-order valence-electron chi connectivity index (χ0n) is 17.0. The monoisotopic (exact) mass is 508 g/mol. The quantitative estimate of drug-likeness (QED) is 0.213. The van der Waals surface area contributed by atoms with Crippen molar-refractivity contribution < 1.29 is 0 Å². The largest absolute Gasteiger partial charge is 0.0622 e. The number of benzene rings is 5. The maximum atomic E-state index is 2.50. The van der Waals surface area contributed by atoms with Crippen LogP contribution in [-0.4, -0.2) is 0 Å². The lowest BCUT2D eigenvalue weighted by molar-refractivity contribution is 1.52. The highest BCUT2D eigenvalue weighted by atomic mass is 127. The Bertz CT molecular complexity index is 1290. The second kappa shape index (κ2) is 8.91. The first-order valence-corrected chi connectivity index (χ1v) is 11.5. The zero-order valence-corrected chi connectivity index (χ0v) is 19.2. The van der Waals surface area contributed by atoms with Crippen LogP contribution in [0.1, 0.15) is 0 Å². The van der Waals surface area contributed by atoms with Gasteiger partial charge in [-0.2, -0.15) is 0 Å². The van der Waals surface area contributed by atoms with Gasteiger partial charge in [-0.25, -0.2) is 0 Å². The van der Waals surface area contributed by atoms with Gasteiger partial charge in [-0.15, -0.1) is 0 Å². The van der Waals surface area contributed by atoms with Crippen molar-refractivity contribution in [1.29, 1.82) is 0 Å². The lowest BCUT2D eigenvalue weighted by atomic mass is 9.83. The van der Waals surface area contributed by atoms with E-state index in [1.807, 2.05) is 0 Å². The molecule has 0 nitrogen and oxygen atoms in total. The summed E-state index contributed by atoms with van der Waals surface area (Å²) in [5.74, 6) is 0. The molecule has 0 amide bonds. The molecule has 0 aliphatic carbocycles. The van der Waals surface area contributed by atoms with Crippen molar-refractivity contribution >= 4 is 22.6 Å². The van der Waals surface area contributed by atoms with Gasteiger partial charge in [0, 0.05) is 9.13 Å². The molecule has 1 heteroatoms. The van der Waals surface area contributed by atoms with Gasteiger partial charge in [-0.05, 0) is 67.6 Å². The molecule has 0 radical (unpaired) electrons.